The largest absolute Gasteiger partial charge is 0.419 e. The van der Waals surface area contributed by atoms with Crippen molar-refractivity contribution in [3.63, 3.8) is 0 Å². The Balaban J connectivity index is 1.96. The lowest BCUT2D eigenvalue weighted by atomic mass is 10.2. The van der Waals surface area contributed by atoms with Crippen LogP contribution in [0.2, 0.25) is 0 Å². The first kappa shape index (κ1) is 13.4. The van der Waals surface area contributed by atoms with Crippen molar-refractivity contribution in [3.8, 4) is 0 Å². The van der Waals surface area contributed by atoms with E-state index in [1.807, 2.05) is 0 Å². The molecule has 0 aromatic carbocycles. The molecule has 1 aliphatic carbocycles. The maximum Gasteiger partial charge on any atom is 0.419 e. The maximum absolute atomic E-state index is 12.4. The molecule has 1 N–H and O–H groups in total. The Morgan fingerprint density at radius 1 is 1.50 bits per heavy atom. The quantitative estimate of drug-likeness (QED) is 0.853. The van der Waals surface area contributed by atoms with Crippen molar-refractivity contribution in [2.45, 2.75) is 44.9 Å². The summed E-state index contributed by atoms with van der Waals surface area (Å²) < 4.78 is 38.7. The highest BCUT2D eigenvalue weighted by Crippen LogP contribution is 2.34. The van der Waals surface area contributed by atoms with Gasteiger partial charge in [0, 0.05) is 12.2 Å². The summed E-state index contributed by atoms with van der Waals surface area (Å²) in [6, 6.07) is 0.242. The van der Waals surface area contributed by atoms with Gasteiger partial charge >= 0.3 is 6.18 Å². The third-order valence-electron chi connectivity index (χ3n) is 3.19. The molecular formula is C12H18F3N3. The van der Waals surface area contributed by atoms with Crippen molar-refractivity contribution >= 4 is 0 Å². The van der Waals surface area contributed by atoms with Crippen LogP contribution in [0.5, 0.6) is 0 Å². The molecule has 102 valence electrons. The number of halogens is 3. The molecule has 1 atom stereocenters. The summed E-state index contributed by atoms with van der Waals surface area (Å²) in [5.74, 6) is 0.593. The van der Waals surface area contributed by atoms with Crippen LogP contribution < -0.4 is 5.32 Å². The van der Waals surface area contributed by atoms with Crippen molar-refractivity contribution in [1.29, 1.82) is 0 Å². The van der Waals surface area contributed by atoms with Gasteiger partial charge in [-0.25, -0.2) is 0 Å². The minimum atomic E-state index is -4.30. The van der Waals surface area contributed by atoms with Crippen molar-refractivity contribution in [2.75, 3.05) is 6.54 Å². The zero-order valence-electron chi connectivity index (χ0n) is 10.4. The van der Waals surface area contributed by atoms with Gasteiger partial charge in [0.15, 0.2) is 0 Å². The standard InChI is InChI=1S/C12H18F3N3/c1-2-5-16-11(9-3-4-9)8-18-7-10(6-17-18)12(13,14)15/h6-7,9,11,16H,2-5,8H2,1H3. The third-order valence-corrected chi connectivity index (χ3v) is 3.19. The zero-order chi connectivity index (χ0) is 13.2. The lowest BCUT2D eigenvalue weighted by molar-refractivity contribution is -0.137. The number of rotatable bonds is 6. The van der Waals surface area contributed by atoms with E-state index in [9.17, 15) is 13.2 Å². The van der Waals surface area contributed by atoms with Gasteiger partial charge in [0.05, 0.1) is 18.3 Å². The SMILES string of the molecule is CCCNC(Cn1cc(C(F)(F)F)cn1)C1CC1. The first-order valence-electron chi connectivity index (χ1n) is 6.33. The highest BCUT2D eigenvalue weighted by atomic mass is 19.4. The molecular weight excluding hydrogens is 243 g/mol. The van der Waals surface area contributed by atoms with Crippen LogP contribution in [-0.4, -0.2) is 22.4 Å². The first-order valence-corrected chi connectivity index (χ1v) is 6.33. The van der Waals surface area contributed by atoms with Crippen molar-refractivity contribution < 1.29 is 13.2 Å². The summed E-state index contributed by atoms with van der Waals surface area (Å²) in [5.41, 5.74) is -0.674. The highest BCUT2D eigenvalue weighted by molar-refractivity contribution is 5.08. The molecule has 18 heavy (non-hydrogen) atoms. The number of hydrogen-bond donors (Lipinski definition) is 1. The Hall–Kier alpha value is -1.04. The molecule has 1 aromatic heterocycles. The number of hydrogen-bond acceptors (Lipinski definition) is 2. The lowest BCUT2D eigenvalue weighted by Gasteiger charge is -2.17. The molecule has 1 aromatic rings. The molecule has 0 saturated heterocycles. The average molecular weight is 261 g/mol. The van der Waals surface area contributed by atoms with Gasteiger partial charge in [0.25, 0.3) is 0 Å². The van der Waals surface area contributed by atoms with Crippen LogP contribution in [0.3, 0.4) is 0 Å². The van der Waals surface area contributed by atoms with Crippen LogP contribution in [0.4, 0.5) is 13.2 Å². The normalized spacial score (nSPS) is 18.0. The number of aromatic nitrogens is 2. The average Bonchev–Trinajstić information content (AvgIpc) is 3.02. The zero-order valence-corrected chi connectivity index (χ0v) is 10.4. The number of alkyl halides is 3. The molecule has 3 nitrogen and oxygen atoms in total. The molecule has 0 bridgehead atoms. The van der Waals surface area contributed by atoms with Gasteiger partial charge in [-0.3, -0.25) is 4.68 Å². The summed E-state index contributed by atoms with van der Waals surface area (Å²) in [7, 11) is 0. The van der Waals surface area contributed by atoms with Gasteiger partial charge in [0.1, 0.15) is 0 Å². The van der Waals surface area contributed by atoms with Gasteiger partial charge in [0.2, 0.25) is 0 Å². The van der Waals surface area contributed by atoms with Crippen LogP contribution in [0.1, 0.15) is 31.7 Å². The monoisotopic (exact) mass is 261 g/mol. The van der Waals surface area contributed by atoms with E-state index >= 15 is 0 Å². The number of nitrogens with zero attached hydrogens (tertiary/aromatic N) is 2. The fourth-order valence-electron chi connectivity index (χ4n) is 2.02. The Morgan fingerprint density at radius 2 is 2.22 bits per heavy atom. The second kappa shape index (κ2) is 5.30. The topological polar surface area (TPSA) is 29.9 Å². The smallest absolute Gasteiger partial charge is 0.312 e. The fraction of sp³-hybridized carbons (Fsp3) is 0.750. The predicted octanol–water partition coefficient (Wildman–Crippen LogP) is 2.68. The van der Waals surface area contributed by atoms with Crippen LogP contribution in [-0.2, 0) is 12.7 Å². The summed E-state index contributed by atoms with van der Waals surface area (Å²) in [6.07, 6.45) is 1.02. The summed E-state index contributed by atoms with van der Waals surface area (Å²) >= 11 is 0. The van der Waals surface area contributed by atoms with Crippen LogP contribution in [0.25, 0.3) is 0 Å². The highest BCUT2D eigenvalue weighted by Gasteiger charge is 2.34. The molecule has 6 heteroatoms. The molecule has 0 aliphatic heterocycles. The molecule has 0 radical (unpaired) electrons. The van der Waals surface area contributed by atoms with Gasteiger partial charge in [-0.05, 0) is 31.7 Å². The van der Waals surface area contributed by atoms with E-state index in [-0.39, 0.29) is 6.04 Å². The summed E-state index contributed by atoms with van der Waals surface area (Å²) in [4.78, 5) is 0. The lowest BCUT2D eigenvalue weighted by Crippen LogP contribution is -2.35. The van der Waals surface area contributed by atoms with Crippen LogP contribution in [0, 0.1) is 5.92 Å². The Morgan fingerprint density at radius 3 is 2.72 bits per heavy atom. The first-order chi connectivity index (χ1) is 8.50. The van der Waals surface area contributed by atoms with E-state index in [2.05, 4.69) is 17.3 Å². The van der Waals surface area contributed by atoms with E-state index < -0.39 is 11.7 Å². The van der Waals surface area contributed by atoms with Gasteiger partial charge in [-0.2, -0.15) is 18.3 Å². The van der Waals surface area contributed by atoms with Crippen molar-refractivity contribution in [1.82, 2.24) is 15.1 Å². The van der Waals surface area contributed by atoms with E-state index in [0.717, 1.165) is 38.2 Å². The summed E-state index contributed by atoms with van der Waals surface area (Å²) in [6.45, 7) is 3.49. The van der Waals surface area contributed by atoms with E-state index in [0.29, 0.717) is 12.5 Å². The van der Waals surface area contributed by atoms with Crippen molar-refractivity contribution in [2.24, 2.45) is 5.92 Å². The molecule has 2 rings (SSSR count). The maximum atomic E-state index is 12.4. The van der Waals surface area contributed by atoms with Gasteiger partial charge in [-0.15, -0.1) is 0 Å². The van der Waals surface area contributed by atoms with E-state index in [1.54, 1.807) is 0 Å². The molecule has 1 unspecified atom stereocenters. The Bertz CT molecular complexity index is 382. The Kier molecular flexibility index (Phi) is 3.94. The molecule has 1 aliphatic rings. The van der Waals surface area contributed by atoms with Crippen LogP contribution in [0.15, 0.2) is 12.4 Å². The minimum absolute atomic E-state index is 0.242. The second-order valence-corrected chi connectivity index (χ2v) is 4.85. The predicted molar refractivity (Wildman–Crippen MR) is 62.0 cm³/mol. The minimum Gasteiger partial charge on any atom is -0.312 e. The molecule has 0 amide bonds. The van der Waals surface area contributed by atoms with Gasteiger partial charge < -0.3 is 5.32 Å². The molecule has 1 fully saturated rings. The number of nitrogens with one attached hydrogen (secondary N) is 1. The molecule has 0 spiro atoms. The third kappa shape index (κ3) is 3.48. The van der Waals surface area contributed by atoms with E-state index in [4.69, 9.17) is 0 Å². The van der Waals surface area contributed by atoms with Gasteiger partial charge in [-0.1, -0.05) is 6.92 Å². The van der Waals surface area contributed by atoms with E-state index in [1.165, 1.54) is 4.68 Å². The molecule has 1 heterocycles. The molecule has 1 saturated carbocycles. The fourth-order valence-corrected chi connectivity index (χ4v) is 2.02. The summed E-state index contributed by atoms with van der Waals surface area (Å²) in [5, 5.41) is 7.18. The second-order valence-electron chi connectivity index (χ2n) is 4.85. The van der Waals surface area contributed by atoms with Crippen molar-refractivity contribution in [3.05, 3.63) is 18.0 Å². The Labute approximate surface area is 104 Å². The van der Waals surface area contributed by atoms with Crippen LogP contribution >= 0.6 is 0 Å².